The minimum absolute atomic E-state index is 0.0793. The fraction of sp³-hybridized carbons (Fsp3) is 0.429. The Labute approximate surface area is 242 Å². The van der Waals surface area contributed by atoms with Crippen LogP contribution in [0.3, 0.4) is 0 Å². The summed E-state index contributed by atoms with van der Waals surface area (Å²) in [7, 11) is -3.76. The summed E-state index contributed by atoms with van der Waals surface area (Å²) in [5.74, 6) is -0.188. The van der Waals surface area contributed by atoms with E-state index >= 15 is 0 Å². The van der Waals surface area contributed by atoms with Gasteiger partial charge in [0.2, 0.25) is 0 Å². The van der Waals surface area contributed by atoms with Crippen LogP contribution in [0.15, 0.2) is 52.2 Å². The molecular weight excluding hydrogens is 569 g/mol. The highest BCUT2D eigenvalue weighted by molar-refractivity contribution is 7.94. The smallest absolute Gasteiger partial charge is 0.310 e. The largest absolute Gasteiger partial charge is 0.466 e. The first-order chi connectivity index (χ1) is 19.4. The third-order valence-corrected chi connectivity index (χ3v) is 11.1. The standard InChI is InChI=1S/C28H34N4O5S3/c1-3-36-14-13-32(40(34,35)25-11-7-15-38-25)24-10-5-8-20-16-23(30-26(20)24)27-29-17-22(39-27)19-31-12-6-9-21(18-31)28(33)37-4-2/h5,7-8,10-11,15-17,21,30H,3-4,6,9,12-14,18-19H2,1-2H3. The number of nitrogens with one attached hydrogen (secondary N) is 1. The summed E-state index contributed by atoms with van der Waals surface area (Å²) in [6, 6.07) is 11.0. The summed E-state index contributed by atoms with van der Waals surface area (Å²) < 4.78 is 39.7. The quantitative estimate of drug-likeness (QED) is 0.172. The SMILES string of the molecule is CCOCCN(c1cccc2cc(-c3ncc(CN4CCCC(C(=O)OCC)C4)s3)[nH]c12)S(=O)(=O)c1cccs1. The Hall–Kier alpha value is -2.77. The molecule has 0 bridgehead atoms. The van der Waals surface area contributed by atoms with Crippen molar-refractivity contribution >= 4 is 55.3 Å². The number of ether oxygens (including phenoxy) is 2. The fourth-order valence-corrected chi connectivity index (χ4v) is 8.51. The van der Waals surface area contributed by atoms with E-state index in [0.29, 0.717) is 29.7 Å². The number of aromatic amines is 1. The van der Waals surface area contributed by atoms with Gasteiger partial charge in [-0.2, -0.15) is 0 Å². The Morgan fingerprint density at radius 2 is 2.10 bits per heavy atom. The highest BCUT2D eigenvalue weighted by Gasteiger charge is 2.29. The predicted molar refractivity (Wildman–Crippen MR) is 159 cm³/mol. The Kier molecular flexibility index (Phi) is 9.21. The van der Waals surface area contributed by atoms with Crippen molar-refractivity contribution in [1.29, 1.82) is 0 Å². The van der Waals surface area contributed by atoms with E-state index in [2.05, 4.69) is 14.9 Å². The van der Waals surface area contributed by atoms with Crippen molar-refractivity contribution in [2.45, 2.75) is 37.4 Å². The maximum absolute atomic E-state index is 13.6. The summed E-state index contributed by atoms with van der Waals surface area (Å²) in [6.07, 6.45) is 3.72. The number of thiophene rings is 1. The van der Waals surface area contributed by atoms with Gasteiger partial charge >= 0.3 is 5.97 Å². The van der Waals surface area contributed by atoms with Crippen LogP contribution in [0, 0.1) is 5.92 Å². The van der Waals surface area contributed by atoms with Crippen LogP contribution in [0.25, 0.3) is 21.6 Å². The van der Waals surface area contributed by atoms with Crippen LogP contribution < -0.4 is 4.31 Å². The number of likely N-dealkylation sites (tertiary alicyclic amines) is 1. The first-order valence-electron chi connectivity index (χ1n) is 13.5. The molecule has 9 nitrogen and oxygen atoms in total. The number of benzene rings is 1. The zero-order valence-corrected chi connectivity index (χ0v) is 25.1. The minimum Gasteiger partial charge on any atom is -0.466 e. The second-order valence-corrected chi connectivity index (χ2v) is 13.7. The van der Waals surface area contributed by atoms with Crippen LogP contribution in [-0.4, -0.2) is 68.7 Å². The molecule has 0 radical (unpaired) electrons. The number of carbonyl (C=O) groups excluding carboxylic acids is 1. The number of piperidine rings is 1. The molecule has 0 aliphatic carbocycles. The molecular formula is C28H34N4O5S3. The van der Waals surface area contributed by atoms with Gasteiger partial charge in [0.15, 0.2) is 0 Å². The maximum atomic E-state index is 13.6. The lowest BCUT2D eigenvalue weighted by atomic mass is 9.98. The summed E-state index contributed by atoms with van der Waals surface area (Å²) in [4.78, 5) is 23.8. The molecule has 12 heteroatoms. The molecule has 1 N–H and O–H groups in total. The molecule has 4 aromatic rings. The van der Waals surface area contributed by atoms with Crippen molar-refractivity contribution in [3.8, 4) is 10.7 Å². The van der Waals surface area contributed by atoms with E-state index in [9.17, 15) is 13.2 Å². The van der Waals surface area contributed by atoms with E-state index in [-0.39, 0.29) is 25.0 Å². The average molecular weight is 603 g/mol. The van der Waals surface area contributed by atoms with Crippen molar-refractivity contribution in [3.63, 3.8) is 0 Å². The average Bonchev–Trinajstić information content (AvgIpc) is 3.72. The minimum atomic E-state index is -3.76. The molecule has 1 aliphatic heterocycles. The first-order valence-corrected chi connectivity index (χ1v) is 16.6. The predicted octanol–water partition coefficient (Wildman–Crippen LogP) is 5.36. The molecule has 1 unspecified atom stereocenters. The van der Waals surface area contributed by atoms with Crippen LogP contribution in [0.2, 0.25) is 0 Å². The number of rotatable bonds is 12. The number of fused-ring (bicyclic) bond motifs is 1. The second kappa shape index (κ2) is 12.8. The molecule has 0 saturated carbocycles. The van der Waals surface area contributed by atoms with Crippen LogP contribution in [0.4, 0.5) is 5.69 Å². The van der Waals surface area contributed by atoms with Gasteiger partial charge in [0, 0.05) is 36.2 Å². The lowest BCUT2D eigenvalue weighted by molar-refractivity contribution is -0.150. The number of hydrogen-bond acceptors (Lipinski definition) is 9. The molecule has 3 aromatic heterocycles. The zero-order chi connectivity index (χ0) is 28.1. The highest BCUT2D eigenvalue weighted by Crippen LogP contribution is 2.35. The van der Waals surface area contributed by atoms with Crippen molar-refractivity contribution in [1.82, 2.24) is 14.9 Å². The lowest BCUT2D eigenvalue weighted by Gasteiger charge is -2.30. The van der Waals surface area contributed by atoms with E-state index in [1.165, 1.54) is 15.6 Å². The van der Waals surface area contributed by atoms with Gasteiger partial charge < -0.3 is 14.5 Å². The van der Waals surface area contributed by atoms with Crippen LogP contribution in [-0.2, 0) is 30.8 Å². The highest BCUT2D eigenvalue weighted by atomic mass is 32.2. The van der Waals surface area contributed by atoms with Crippen LogP contribution >= 0.6 is 22.7 Å². The number of nitrogens with zero attached hydrogens (tertiary/aromatic N) is 3. The van der Waals surface area contributed by atoms with E-state index in [4.69, 9.17) is 9.47 Å². The number of carbonyl (C=O) groups is 1. The van der Waals surface area contributed by atoms with E-state index in [0.717, 1.165) is 52.4 Å². The number of thiazole rings is 1. The van der Waals surface area contributed by atoms with Crippen molar-refractivity contribution in [3.05, 3.63) is 52.9 Å². The number of H-pyrrole nitrogens is 1. The fourth-order valence-electron chi connectivity index (χ4n) is 5.02. The lowest BCUT2D eigenvalue weighted by Crippen LogP contribution is -2.38. The normalized spacial score (nSPS) is 16.4. The van der Waals surface area contributed by atoms with Gasteiger partial charge in [0.25, 0.3) is 10.0 Å². The monoisotopic (exact) mass is 602 g/mol. The molecule has 1 aliphatic rings. The summed E-state index contributed by atoms with van der Waals surface area (Å²) >= 11 is 2.80. The van der Waals surface area contributed by atoms with Gasteiger partial charge in [0.1, 0.15) is 9.22 Å². The molecule has 1 fully saturated rings. The molecule has 40 heavy (non-hydrogen) atoms. The topological polar surface area (TPSA) is 105 Å². The molecule has 1 saturated heterocycles. The summed E-state index contributed by atoms with van der Waals surface area (Å²) in [5, 5.41) is 3.50. The van der Waals surface area contributed by atoms with Crippen molar-refractivity contribution in [2.24, 2.45) is 5.92 Å². The number of esters is 1. The summed E-state index contributed by atoms with van der Waals surface area (Å²) in [6.45, 7) is 7.49. The first kappa shape index (κ1) is 28.7. The molecule has 0 amide bonds. The molecule has 1 atom stereocenters. The van der Waals surface area contributed by atoms with Crippen molar-refractivity contribution < 1.29 is 22.7 Å². The second-order valence-electron chi connectivity index (χ2n) is 9.59. The number of sulfonamides is 1. The Bertz CT molecular complexity index is 1530. The molecule has 214 valence electrons. The van der Waals surface area contributed by atoms with E-state index < -0.39 is 10.0 Å². The maximum Gasteiger partial charge on any atom is 0.310 e. The molecule has 1 aromatic carbocycles. The third-order valence-electron chi connectivity index (χ3n) is 6.87. The van der Waals surface area contributed by atoms with E-state index in [1.807, 2.05) is 44.3 Å². The molecule has 5 rings (SSSR count). The number of hydrogen-bond donors (Lipinski definition) is 1. The number of para-hydroxylation sites is 1. The molecule has 0 spiro atoms. The van der Waals surface area contributed by atoms with Crippen LogP contribution in [0.5, 0.6) is 0 Å². The summed E-state index contributed by atoms with van der Waals surface area (Å²) in [5.41, 5.74) is 2.14. The van der Waals surface area contributed by atoms with Gasteiger partial charge in [-0.15, -0.1) is 22.7 Å². The van der Waals surface area contributed by atoms with Crippen LogP contribution in [0.1, 0.15) is 31.6 Å². The Morgan fingerprint density at radius 3 is 2.88 bits per heavy atom. The number of anilines is 1. The Balaban J connectivity index is 1.39. The van der Waals surface area contributed by atoms with Gasteiger partial charge in [-0.3, -0.25) is 14.0 Å². The zero-order valence-electron chi connectivity index (χ0n) is 22.7. The number of aromatic nitrogens is 2. The Morgan fingerprint density at radius 1 is 1.23 bits per heavy atom. The molecule has 4 heterocycles. The van der Waals surface area contributed by atoms with Gasteiger partial charge in [0.05, 0.1) is 42.6 Å². The van der Waals surface area contributed by atoms with Gasteiger partial charge in [-0.05, 0) is 56.8 Å². The van der Waals surface area contributed by atoms with Gasteiger partial charge in [-0.1, -0.05) is 18.2 Å². The van der Waals surface area contributed by atoms with Gasteiger partial charge in [-0.25, -0.2) is 13.4 Å². The van der Waals surface area contributed by atoms with E-state index in [1.54, 1.807) is 28.8 Å². The third kappa shape index (κ3) is 6.26. The van der Waals surface area contributed by atoms with Crippen molar-refractivity contribution in [2.75, 3.05) is 43.8 Å².